The molecular weight excluding hydrogens is 319 g/mol. The summed E-state index contributed by atoms with van der Waals surface area (Å²) in [6.45, 7) is 1.81. The van der Waals surface area contributed by atoms with Crippen molar-refractivity contribution >= 4 is 15.9 Å². The Morgan fingerprint density at radius 3 is 2.09 bits per heavy atom. The van der Waals surface area contributed by atoms with Gasteiger partial charge in [-0.15, -0.1) is 0 Å². The fourth-order valence-corrected chi connectivity index (χ4v) is 2.65. The Balaban J connectivity index is 2.20. The molecule has 0 bridgehead atoms. The molecule has 0 saturated heterocycles. The molecule has 0 aliphatic carbocycles. The molecule has 0 unspecified atom stereocenters. The molecule has 0 heterocycles. The van der Waals surface area contributed by atoms with Gasteiger partial charge in [0.15, 0.2) is 0 Å². The third-order valence-electron chi connectivity index (χ3n) is 3.68. The van der Waals surface area contributed by atoms with Gasteiger partial charge in [-0.3, -0.25) is 4.79 Å². The zero-order valence-corrected chi connectivity index (χ0v) is 13.5. The van der Waals surface area contributed by atoms with E-state index >= 15 is 0 Å². The van der Waals surface area contributed by atoms with Gasteiger partial charge in [0.25, 0.3) is 5.91 Å². The molecule has 0 fully saturated rings. The van der Waals surface area contributed by atoms with Crippen molar-refractivity contribution in [3.63, 3.8) is 0 Å². The number of sulfonamides is 1. The molecule has 1 atom stereocenters. The van der Waals surface area contributed by atoms with E-state index in [-0.39, 0.29) is 16.8 Å². The third-order valence-corrected chi connectivity index (χ3v) is 4.61. The van der Waals surface area contributed by atoms with Crippen molar-refractivity contribution in [1.82, 2.24) is 4.90 Å². The molecule has 0 spiro atoms. The molecule has 2 N–H and O–H groups in total. The second kappa shape index (κ2) is 6.47. The van der Waals surface area contributed by atoms with Crippen LogP contribution in [-0.2, 0) is 10.0 Å². The number of nitrogens with two attached hydrogens (primary N) is 1. The molecule has 0 aliphatic heterocycles. The van der Waals surface area contributed by atoms with Gasteiger partial charge in [0.1, 0.15) is 5.82 Å². The molecule has 0 saturated carbocycles. The van der Waals surface area contributed by atoms with Crippen molar-refractivity contribution in [3.05, 3.63) is 65.5 Å². The molecule has 1 amide bonds. The highest BCUT2D eigenvalue weighted by atomic mass is 32.2. The molecule has 2 rings (SSSR count). The highest BCUT2D eigenvalue weighted by Crippen LogP contribution is 2.22. The molecule has 2 aromatic rings. The van der Waals surface area contributed by atoms with Crippen molar-refractivity contribution in [3.8, 4) is 0 Å². The first kappa shape index (κ1) is 17.1. The number of rotatable bonds is 4. The maximum absolute atomic E-state index is 12.9. The van der Waals surface area contributed by atoms with E-state index in [1.165, 1.54) is 41.3 Å². The standard InChI is InChI=1S/C16H17FN2O3S/c1-11(12-5-9-15(10-6-12)23(18,21)22)19(2)16(20)13-3-7-14(17)8-4-13/h3-11H,1-2H3,(H2,18,21,22)/t11-/m1/s1. The van der Waals surface area contributed by atoms with Gasteiger partial charge in [0.2, 0.25) is 10.0 Å². The Bertz CT molecular complexity index is 802. The fourth-order valence-electron chi connectivity index (χ4n) is 2.13. The van der Waals surface area contributed by atoms with E-state index in [1.807, 2.05) is 6.92 Å². The smallest absolute Gasteiger partial charge is 0.254 e. The lowest BCUT2D eigenvalue weighted by Gasteiger charge is -2.25. The predicted molar refractivity (Wildman–Crippen MR) is 84.7 cm³/mol. The van der Waals surface area contributed by atoms with Crippen LogP contribution in [0.1, 0.15) is 28.9 Å². The van der Waals surface area contributed by atoms with Gasteiger partial charge in [0.05, 0.1) is 10.9 Å². The lowest BCUT2D eigenvalue weighted by molar-refractivity contribution is 0.0742. The summed E-state index contributed by atoms with van der Waals surface area (Å²) in [5, 5.41) is 5.06. The Kier molecular flexibility index (Phi) is 4.82. The fraction of sp³-hybridized carbons (Fsp3) is 0.188. The van der Waals surface area contributed by atoms with Crippen LogP contribution >= 0.6 is 0 Å². The summed E-state index contributed by atoms with van der Waals surface area (Å²) < 4.78 is 35.4. The van der Waals surface area contributed by atoms with Crippen LogP contribution in [0.2, 0.25) is 0 Å². The van der Waals surface area contributed by atoms with Crippen LogP contribution in [-0.4, -0.2) is 26.3 Å². The summed E-state index contributed by atoms with van der Waals surface area (Å²) in [5.74, 6) is -0.663. The summed E-state index contributed by atoms with van der Waals surface area (Å²) in [6, 6.07) is 11.0. The van der Waals surface area contributed by atoms with Crippen molar-refractivity contribution in [1.29, 1.82) is 0 Å². The number of hydrogen-bond acceptors (Lipinski definition) is 3. The average Bonchev–Trinajstić information content (AvgIpc) is 2.53. The van der Waals surface area contributed by atoms with Crippen LogP contribution in [0, 0.1) is 5.82 Å². The van der Waals surface area contributed by atoms with Crippen LogP contribution in [0.15, 0.2) is 53.4 Å². The average molecular weight is 336 g/mol. The number of halogens is 1. The molecule has 2 aromatic carbocycles. The van der Waals surface area contributed by atoms with Crippen LogP contribution in [0.4, 0.5) is 4.39 Å². The molecule has 0 aliphatic rings. The summed E-state index contributed by atoms with van der Waals surface area (Å²) in [6.07, 6.45) is 0. The van der Waals surface area contributed by atoms with Gasteiger partial charge in [0, 0.05) is 12.6 Å². The van der Waals surface area contributed by atoms with Gasteiger partial charge in [-0.25, -0.2) is 17.9 Å². The van der Waals surface area contributed by atoms with E-state index in [2.05, 4.69) is 0 Å². The molecular formula is C16H17FN2O3S. The summed E-state index contributed by atoms with van der Waals surface area (Å²) in [7, 11) is -2.12. The lowest BCUT2D eigenvalue weighted by atomic mass is 10.1. The first-order chi connectivity index (χ1) is 10.7. The number of amides is 1. The second-order valence-corrected chi connectivity index (χ2v) is 6.77. The number of primary sulfonamides is 1. The van der Waals surface area contributed by atoms with E-state index in [4.69, 9.17) is 5.14 Å². The van der Waals surface area contributed by atoms with Crippen molar-refractivity contribution < 1.29 is 17.6 Å². The van der Waals surface area contributed by atoms with Crippen LogP contribution in [0.25, 0.3) is 0 Å². The minimum Gasteiger partial charge on any atom is -0.335 e. The Hall–Kier alpha value is -2.25. The van der Waals surface area contributed by atoms with E-state index < -0.39 is 15.8 Å². The van der Waals surface area contributed by atoms with E-state index in [9.17, 15) is 17.6 Å². The number of carbonyl (C=O) groups excluding carboxylic acids is 1. The molecule has 0 radical (unpaired) electrons. The maximum Gasteiger partial charge on any atom is 0.254 e. The summed E-state index contributed by atoms with van der Waals surface area (Å²) in [5.41, 5.74) is 1.14. The summed E-state index contributed by atoms with van der Waals surface area (Å²) >= 11 is 0. The third kappa shape index (κ3) is 3.94. The minimum absolute atomic E-state index is 0.0148. The Morgan fingerprint density at radius 2 is 1.61 bits per heavy atom. The van der Waals surface area contributed by atoms with Gasteiger partial charge in [-0.05, 0) is 48.9 Å². The molecule has 5 nitrogen and oxygen atoms in total. The monoisotopic (exact) mass is 336 g/mol. The Morgan fingerprint density at radius 1 is 1.09 bits per heavy atom. The van der Waals surface area contributed by atoms with E-state index in [0.29, 0.717) is 5.56 Å². The van der Waals surface area contributed by atoms with Crippen molar-refractivity contribution in [2.45, 2.75) is 17.9 Å². The predicted octanol–water partition coefficient (Wildman–Crippen LogP) is 2.31. The molecule has 7 heteroatoms. The first-order valence-corrected chi connectivity index (χ1v) is 8.40. The zero-order valence-electron chi connectivity index (χ0n) is 12.7. The van der Waals surface area contributed by atoms with Crippen LogP contribution < -0.4 is 5.14 Å². The zero-order chi connectivity index (χ0) is 17.2. The van der Waals surface area contributed by atoms with Gasteiger partial charge in [-0.2, -0.15) is 0 Å². The summed E-state index contributed by atoms with van der Waals surface area (Å²) in [4.78, 5) is 13.9. The Labute approximate surface area is 134 Å². The van der Waals surface area contributed by atoms with Crippen molar-refractivity contribution in [2.75, 3.05) is 7.05 Å². The molecule has 23 heavy (non-hydrogen) atoms. The SMILES string of the molecule is C[C@H](c1ccc(S(N)(=O)=O)cc1)N(C)C(=O)c1ccc(F)cc1. The second-order valence-electron chi connectivity index (χ2n) is 5.21. The van der Waals surface area contributed by atoms with Crippen molar-refractivity contribution in [2.24, 2.45) is 5.14 Å². The lowest BCUT2D eigenvalue weighted by Crippen LogP contribution is -2.29. The van der Waals surface area contributed by atoms with Crippen LogP contribution in [0.3, 0.4) is 0 Å². The number of nitrogens with zero attached hydrogens (tertiary/aromatic N) is 1. The number of hydrogen-bond donors (Lipinski definition) is 1. The van der Waals surface area contributed by atoms with Gasteiger partial charge < -0.3 is 4.90 Å². The normalized spacial score (nSPS) is 12.7. The first-order valence-electron chi connectivity index (χ1n) is 6.85. The van der Waals surface area contributed by atoms with Gasteiger partial charge in [-0.1, -0.05) is 12.1 Å². The van der Waals surface area contributed by atoms with E-state index in [0.717, 1.165) is 5.56 Å². The number of benzene rings is 2. The number of carbonyl (C=O) groups is 1. The minimum atomic E-state index is -3.74. The van der Waals surface area contributed by atoms with Gasteiger partial charge >= 0.3 is 0 Å². The topological polar surface area (TPSA) is 80.5 Å². The van der Waals surface area contributed by atoms with E-state index in [1.54, 1.807) is 19.2 Å². The van der Waals surface area contributed by atoms with Crippen LogP contribution in [0.5, 0.6) is 0 Å². The largest absolute Gasteiger partial charge is 0.335 e. The quantitative estimate of drug-likeness (QED) is 0.930. The molecule has 122 valence electrons. The maximum atomic E-state index is 12.9. The highest BCUT2D eigenvalue weighted by molar-refractivity contribution is 7.89. The molecule has 0 aromatic heterocycles. The highest BCUT2D eigenvalue weighted by Gasteiger charge is 2.19.